The first kappa shape index (κ1) is 15.2. The minimum atomic E-state index is -0.0770. The molecule has 2 aromatic heterocycles. The molecule has 1 aliphatic heterocycles. The zero-order valence-corrected chi connectivity index (χ0v) is 13.6. The summed E-state index contributed by atoms with van der Waals surface area (Å²) in [5, 5.41) is 4.50. The van der Waals surface area contributed by atoms with Crippen LogP contribution in [0.3, 0.4) is 0 Å². The Bertz CT molecular complexity index is 672. The van der Waals surface area contributed by atoms with Gasteiger partial charge in [0.05, 0.1) is 18.8 Å². The van der Waals surface area contributed by atoms with Crippen LogP contribution in [0, 0.1) is 0 Å². The van der Waals surface area contributed by atoms with Gasteiger partial charge < -0.3 is 9.64 Å². The standard InChI is InChI=1S/C14H15ClN4O2S/c1-2-4-11-12(22-18-17-11)14(20)19-7-9(8-19)21-13-10(15)5-3-6-16-13/h3,5-6,9H,2,4,7-8H2,1H3. The van der Waals surface area contributed by atoms with E-state index in [2.05, 4.69) is 21.5 Å². The molecule has 0 saturated carbocycles. The van der Waals surface area contributed by atoms with E-state index in [1.807, 2.05) is 0 Å². The second-order valence-electron chi connectivity index (χ2n) is 5.04. The lowest BCUT2D eigenvalue weighted by molar-refractivity contribution is 0.0163. The number of halogens is 1. The zero-order valence-electron chi connectivity index (χ0n) is 12.0. The number of hydrogen-bond acceptors (Lipinski definition) is 6. The SMILES string of the molecule is CCCc1nnsc1C(=O)N1CC(Oc2ncccc2Cl)C1. The van der Waals surface area contributed by atoms with Gasteiger partial charge in [0.1, 0.15) is 16.0 Å². The number of hydrogen-bond donors (Lipinski definition) is 0. The minimum Gasteiger partial charge on any atom is -0.470 e. The maximum absolute atomic E-state index is 12.4. The van der Waals surface area contributed by atoms with E-state index in [1.165, 1.54) is 0 Å². The Balaban J connectivity index is 1.58. The highest BCUT2D eigenvalue weighted by Crippen LogP contribution is 2.25. The molecule has 0 aromatic carbocycles. The van der Waals surface area contributed by atoms with E-state index in [1.54, 1.807) is 23.2 Å². The molecule has 3 heterocycles. The van der Waals surface area contributed by atoms with Crippen LogP contribution in [-0.2, 0) is 6.42 Å². The summed E-state index contributed by atoms with van der Waals surface area (Å²) >= 11 is 7.16. The molecule has 0 radical (unpaired) electrons. The van der Waals surface area contributed by atoms with Gasteiger partial charge in [0.25, 0.3) is 5.91 Å². The van der Waals surface area contributed by atoms with Crippen molar-refractivity contribution in [1.29, 1.82) is 0 Å². The molecule has 22 heavy (non-hydrogen) atoms. The molecular weight excluding hydrogens is 324 g/mol. The van der Waals surface area contributed by atoms with Gasteiger partial charge in [-0.2, -0.15) is 0 Å². The average molecular weight is 339 g/mol. The van der Waals surface area contributed by atoms with Gasteiger partial charge in [-0.05, 0) is 30.1 Å². The lowest BCUT2D eigenvalue weighted by Gasteiger charge is -2.38. The summed E-state index contributed by atoms with van der Waals surface area (Å²) in [4.78, 5) is 18.9. The first-order valence-electron chi connectivity index (χ1n) is 7.06. The van der Waals surface area contributed by atoms with Crippen molar-refractivity contribution in [3.05, 3.63) is 33.9 Å². The third kappa shape index (κ3) is 3.05. The van der Waals surface area contributed by atoms with E-state index in [9.17, 15) is 4.79 Å². The molecule has 0 unspecified atom stereocenters. The van der Waals surface area contributed by atoms with Crippen molar-refractivity contribution in [3.63, 3.8) is 0 Å². The van der Waals surface area contributed by atoms with E-state index >= 15 is 0 Å². The Morgan fingerprint density at radius 2 is 2.36 bits per heavy atom. The Morgan fingerprint density at radius 1 is 1.55 bits per heavy atom. The highest BCUT2D eigenvalue weighted by molar-refractivity contribution is 7.08. The summed E-state index contributed by atoms with van der Waals surface area (Å²) < 4.78 is 9.58. The number of aromatic nitrogens is 3. The molecule has 0 spiro atoms. The number of aryl methyl sites for hydroxylation is 1. The molecule has 0 N–H and O–H groups in total. The predicted octanol–water partition coefficient (Wildman–Crippen LogP) is 2.44. The molecule has 1 saturated heterocycles. The molecule has 6 nitrogen and oxygen atoms in total. The maximum atomic E-state index is 12.4. The van der Waals surface area contributed by atoms with E-state index in [-0.39, 0.29) is 12.0 Å². The van der Waals surface area contributed by atoms with E-state index in [0.717, 1.165) is 30.1 Å². The van der Waals surface area contributed by atoms with Crippen LogP contribution in [0.25, 0.3) is 0 Å². The molecule has 0 atom stereocenters. The molecule has 116 valence electrons. The van der Waals surface area contributed by atoms with Gasteiger partial charge in [-0.25, -0.2) is 4.98 Å². The van der Waals surface area contributed by atoms with Crippen molar-refractivity contribution >= 4 is 29.0 Å². The van der Waals surface area contributed by atoms with Crippen LogP contribution in [0.15, 0.2) is 18.3 Å². The number of amides is 1. The summed E-state index contributed by atoms with van der Waals surface area (Å²) in [6.07, 6.45) is 3.26. The largest absolute Gasteiger partial charge is 0.470 e. The predicted molar refractivity (Wildman–Crippen MR) is 83.5 cm³/mol. The first-order valence-corrected chi connectivity index (χ1v) is 8.21. The van der Waals surface area contributed by atoms with Crippen molar-refractivity contribution in [2.75, 3.05) is 13.1 Å². The van der Waals surface area contributed by atoms with Crippen LogP contribution in [0.2, 0.25) is 5.02 Å². The fourth-order valence-electron chi connectivity index (χ4n) is 2.21. The molecule has 0 bridgehead atoms. The number of carbonyl (C=O) groups is 1. The van der Waals surface area contributed by atoms with Crippen molar-refractivity contribution < 1.29 is 9.53 Å². The van der Waals surface area contributed by atoms with E-state index < -0.39 is 0 Å². The van der Waals surface area contributed by atoms with Crippen LogP contribution < -0.4 is 4.74 Å². The minimum absolute atomic E-state index is 0.0228. The lowest BCUT2D eigenvalue weighted by atomic mass is 10.1. The first-order chi connectivity index (χ1) is 10.7. The third-order valence-electron chi connectivity index (χ3n) is 3.38. The highest BCUT2D eigenvalue weighted by Gasteiger charge is 2.35. The molecule has 8 heteroatoms. The molecule has 3 rings (SSSR count). The van der Waals surface area contributed by atoms with Crippen molar-refractivity contribution in [3.8, 4) is 5.88 Å². The number of ether oxygens (including phenoxy) is 1. The number of pyridine rings is 1. The van der Waals surface area contributed by atoms with E-state index in [4.69, 9.17) is 16.3 Å². The lowest BCUT2D eigenvalue weighted by Crippen LogP contribution is -2.56. The van der Waals surface area contributed by atoms with Crippen molar-refractivity contribution in [1.82, 2.24) is 19.5 Å². The molecule has 2 aromatic rings. The fraction of sp³-hybridized carbons (Fsp3) is 0.429. The Kier molecular flexibility index (Phi) is 4.54. The van der Waals surface area contributed by atoms with Crippen molar-refractivity contribution in [2.45, 2.75) is 25.9 Å². The number of nitrogens with zero attached hydrogens (tertiary/aromatic N) is 4. The molecule has 1 aliphatic rings. The average Bonchev–Trinajstić information content (AvgIpc) is 2.92. The molecule has 1 fully saturated rings. The highest BCUT2D eigenvalue weighted by atomic mass is 35.5. The van der Waals surface area contributed by atoms with Crippen LogP contribution >= 0.6 is 23.1 Å². The smallest absolute Gasteiger partial charge is 0.267 e. The van der Waals surface area contributed by atoms with Gasteiger partial charge >= 0.3 is 0 Å². The maximum Gasteiger partial charge on any atom is 0.267 e. The van der Waals surface area contributed by atoms with Gasteiger partial charge in [-0.15, -0.1) is 5.10 Å². The van der Waals surface area contributed by atoms with Gasteiger partial charge in [0.15, 0.2) is 0 Å². The third-order valence-corrected chi connectivity index (χ3v) is 4.42. The van der Waals surface area contributed by atoms with Crippen LogP contribution in [0.4, 0.5) is 0 Å². The fourth-order valence-corrected chi connectivity index (χ4v) is 3.05. The topological polar surface area (TPSA) is 68.2 Å². The van der Waals surface area contributed by atoms with Gasteiger partial charge in [-0.1, -0.05) is 29.4 Å². The van der Waals surface area contributed by atoms with Gasteiger partial charge in [0, 0.05) is 6.20 Å². The Labute approximate surface area is 137 Å². The van der Waals surface area contributed by atoms with E-state index in [0.29, 0.717) is 28.9 Å². The van der Waals surface area contributed by atoms with Crippen molar-refractivity contribution in [2.24, 2.45) is 0 Å². The summed E-state index contributed by atoms with van der Waals surface area (Å²) in [7, 11) is 0. The molecular formula is C14H15ClN4O2S. The van der Waals surface area contributed by atoms with Crippen LogP contribution in [0.5, 0.6) is 5.88 Å². The molecule has 0 aliphatic carbocycles. The monoisotopic (exact) mass is 338 g/mol. The number of likely N-dealkylation sites (tertiary alicyclic amines) is 1. The second kappa shape index (κ2) is 6.58. The van der Waals surface area contributed by atoms with Crippen LogP contribution in [-0.4, -0.2) is 44.6 Å². The summed E-state index contributed by atoms with van der Waals surface area (Å²) in [6, 6.07) is 3.48. The summed E-state index contributed by atoms with van der Waals surface area (Å²) in [5.41, 5.74) is 0.787. The summed E-state index contributed by atoms with van der Waals surface area (Å²) in [5.74, 6) is 0.387. The zero-order chi connectivity index (χ0) is 15.5. The number of carbonyl (C=O) groups excluding carboxylic acids is 1. The Morgan fingerprint density at radius 3 is 3.09 bits per heavy atom. The second-order valence-corrected chi connectivity index (χ2v) is 6.20. The Hall–Kier alpha value is -1.73. The number of rotatable bonds is 5. The molecule has 1 amide bonds. The van der Waals surface area contributed by atoms with Gasteiger partial charge in [0.2, 0.25) is 5.88 Å². The normalized spacial score (nSPS) is 14.7. The van der Waals surface area contributed by atoms with Gasteiger partial charge in [-0.3, -0.25) is 4.79 Å². The quantitative estimate of drug-likeness (QED) is 0.837. The summed E-state index contributed by atoms with van der Waals surface area (Å²) in [6.45, 7) is 3.10. The van der Waals surface area contributed by atoms with Crippen LogP contribution in [0.1, 0.15) is 28.7 Å².